The van der Waals surface area contributed by atoms with Gasteiger partial charge in [0, 0.05) is 30.2 Å². The van der Waals surface area contributed by atoms with Crippen LogP contribution in [0.2, 0.25) is 0 Å². The number of nitrogens with zero attached hydrogens (tertiary/aromatic N) is 3. The number of hydrogen-bond acceptors (Lipinski definition) is 6. The van der Waals surface area contributed by atoms with Gasteiger partial charge in [0.1, 0.15) is 5.82 Å². The molecule has 192 valence electrons. The van der Waals surface area contributed by atoms with Gasteiger partial charge in [-0.2, -0.15) is 16.7 Å². The predicted molar refractivity (Wildman–Crippen MR) is 142 cm³/mol. The molecular weight excluding hydrogens is 475 g/mol. The molecule has 1 fully saturated rings. The first-order valence-corrected chi connectivity index (χ1v) is 13.7. The molecule has 0 radical (unpaired) electrons. The van der Waals surface area contributed by atoms with Gasteiger partial charge < -0.3 is 9.84 Å². The Morgan fingerprint density at radius 3 is 2.72 bits per heavy atom. The van der Waals surface area contributed by atoms with E-state index in [1.165, 1.54) is 11.6 Å². The Bertz CT molecular complexity index is 1140. The highest BCUT2D eigenvalue weighted by molar-refractivity contribution is 7.98. The molecule has 1 amide bonds. The van der Waals surface area contributed by atoms with Crippen molar-refractivity contribution in [2.45, 2.75) is 51.3 Å². The van der Waals surface area contributed by atoms with Crippen LogP contribution in [0, 0.1) is 11.7 Å². The van der Waals surface area contributed by atoms with Crippen LogP contribution in [-0.4, -0.2) is 46.3 Å². The summed E-state index contributed by atoms with van der Waals surface area (Å²) in [6.45, 7) is 9.26. The summed E-state index contributed by atoms with van der Waals surface area (Å²) in [5, 5.41) is 7.21. The maximum atomic E-state index is 13.7. The highest BCUT2D eigenvalue weighted by Gasteiger charge is 2.27. The van der Waals surface area contributed by atoms with Gasteiger partial charge in [-0.15, -0.1) is 0 Å². The van der Waals surface area contributed by atoms with E-state index in [9.17, 15) is 9.18 Å². The van der Waals surface area contributed by atoms with E-state index >= 15 is 0 Å². The lowest BCUT2D eigenvalue weighted by molar-refractivity contribution is -0.126. The molecule has 4 rings (SSSR count). The summed E-state index contributed by atoms with van der Waals surface area (Å²) in [7, 11) is 0. The van der Waals surface area contributed by atoms with Gasteiger partial charge in [0.15, 0.2) is 0 Å². The van der Waals surface area contributed by atoms with Gasteiger partial charge in [-0.25, -0.2) is 4.39 Å². The monoisotopic (exact) mass is 510 g/mol. The fourth-order valence-corrected chi connectivity index (χ4v) is 5.19. The number of halogens is 1. The molecule has 1 atom stereocenters. The lowest BCUT2D eigenvalue weighted by atomic mass is 9.87. The number of carbonyl (C=O) groups excluding carboxylic acids is 1. The number of aromatic nitrogens is 2. The van der Waals surface area contributed by atoms with Crippen LogP contribution in [0.3, 0.4) is 0 Å². The number of likely N-dealkylation sites (tertiary alicyclic amines) is 1. The van der Waals surface area contributed by atoms with Crippen LogP contribution in [0.5, 0.6) is 0 Å². The topological polar surface area (TPSA) is 71.3 Å². The first-order chi connectivity index (χ1) is 17.3. The number of nitrogens with one attached hydrogen (secondary N) is 1. The molecule has 1 aliphatic rings. The molecule has 1 saturated heterocycles. The average molecular weight is 511 g/mol. The van der Waals surface area contributed by atoms with Gasteiger partial charge in [-0.05, 0) is 42.0 Å². The second kappa shape index (κ2) is 12.0. The van der Waals surface area contributed by atoms with E-state index in [0.29, 0.717) is 42.7 Å². The van der Waals surface area contributed by atoms with Gasteiger partial charge in [0.05, 0.1) is 12.5 Å². The third-order valence-corrected chi connectivity index (χ3v) is 7.48. The van der Waals surface area contributed by atoms with Crippen LogP contribution in [-0.2, 0) is 22.5 Å². The Labute approximate surface area is 217 Å². The quantitative estimate of drug-likeness (QED) is 0.387. The van der Waals surface area contributed by atoms with Gasteiger partial charge in [0.25, 0.3) is 0 Å². The van der Waals surface area contributed by atoms with Crippen molar-refractivity contribution in [1.82, 2.24) is 20.4 Å². The fourth-order valence-electron chi connectivity index (χ4n) is 4.35. The summed E-state index contributed by atoms with van der Waals surface area (Å²) in [5.41, 5.74) is 2.99. The first kappa shape index (κ1) is 26.4. The van der Waals surface area contributed by atoms with Crippen molar-refractivity contribution < 1.29 is 13.7 Å². The van der Waals surface area contributed by atoms with Crippen molar-refractivity contribution in [2.24, 2.45) is 5.92 Å². The summed E-state index contributed by atoms with van der Waals surface area (Å²) in [4.78, 5) is 19.5. The summed E-state index contributed by atoms with van der Waals surface area (Å²) in [5.74, 6) is 2.35. The summed E-state index contributed by atoms with van der Waals surface area (Å²) in [6, 6.07) is 15.1. The molecule has 0 bridgehead atoms. The Morgan fingerprint density at radius 1 is 1.19 bits per heavy atom. The van der Waals surface area contributed by atoms with Crippen molar-refractivity contribution in [1.29, 1.82) is 0 Å². The maximum Gasteiger partial charge on any atom is 0.241 e. The van der Waals surface area contributed by atoms with Crippen LogP contribution in [0.15, 0.2) is 53.1 Å². The molecule has 1 aromatic heterocycles. The van der Waals surface area contributed by atoms with Gasteiger partial charge in [0.2, 0.25) is 17.6 Å². The molecule has 1 N–H and O–H groups in total. The minimum Gasteiger partial charge on any atom is -0.355 e. The third kappa shape index (κ3) is 7.17. The number of rotatable bonds is 9. The zero-order chi connectivity index (χ0) is 25.5. The second-order valence-electron chi connectivity index (χ2n) is 10.3. The van der Waals surface area contributed by atoms with Crippen molar-refractivity contribution in [2.75, 3.05) is 25.4 Å². The SMILES string of the molecule is CC(C)(C)c1ccc(-c2noc(CN3CCCC(C(=O)NCCSCc4ccccc4F)C3)n2)cc1. The molecule has 3 aromatic rings. The van der Waals surface area contributed by atoms with E-state index in [1.807, 2.05) is 18.2 Å². The Morgan fingerprint density at radius 2 is 1.97 bits per heavy atom. The van der Waals surface area contributed by atoms with Crippen LogP contribution in [0.1, 0.15) is 50.6 Å². The second-order valence-corrected chi connectivity index (χ2v) is 11.5. The van der Waals surface area contributed by atoms with Gasteiger partial charge >= 0.3 is 0 Å². The van der Waals surface area contributed by atoms with Crippen molar-refractivity contribution in [3.8, 4) is 11.4 Å². The zero-order valence-corrected chi connectivity index (χ0v) is 22.1. The summed E-state index contributed by atoms with van der Waals surface area (Å²) in [6.07, 6.45) is 1.83. The molecule has 0 spiro atoms. The number of piperidine rings is 1. The molecule has 0 aliphatic carbocycles. The van der Waals surface area contributed by atoms with E-state index in [2.05, 4.69) is 53.3 Å². The fraction of sp³-hybridized carbons (Fsp3) is 0.464. The van der Waals surface area contributed by atoms with Crippen LogP contribution in [0.25, 0.3) is 11.4 Å². The molecule has 1 unspecified atom stereocenters. The number of carbonyl (C=O) groups is 1. The highest BCUT2D eigenvalue weighted by Crippen LogP contribution is 2.25. The average Bonchev–Trinajstić information content (AvgIpc) is 3.33. The van der Waals surface area contributed by atoms with Gasteiger partial charge in [-0.3, -0.25) is 9.69 Å². The van der Waals surface area contributed by atoms with E-state index in [4.69, 9.17) is 4.52 Å². The van der Waals surface area contributed by atoms with E-state index < -0.39 is 0 Å². The minimum atomic E-state index is -0.178. The number of hydrogen-bond donors (Lipinski definition) is 1. The largest absolute Gasteiger partial charge is 0.355 e. The van der Waals surface area contributed by atoms with Gasteiger partial charge in [-0.1, -0.05) is 68.4 Å². The van der Waals surface area contributed by atoms with E-state index in [1.54, 1.807) is 23.9 Å². The normalized spacial score (nSPS) is 16.7. The Kier molecular flexibility index (Phi) is 8.80. The standard InChI is InChI=1S/C28H35FN4O2S/c1-28(2,3)23-12-10-20(11-13-23)26-31-25(35-32-26)18-33-15-6-8-21(17-33)27(34)30-14-16-36-19-22-7-4-5-9-24(22)29/h4-5,7,9-13,21H,6,8,14-19H2,1-3H3,(H,30,34). The van der Waals surface area contributed by atoms with E-state index in [-0.39, 0.29) is 23.1 Å². The smallest absolute Gasteiger partial charge is 0.241 e. The lowest BCUT2D eigenvalue weighted by Gasteiger charge is -2.30. The maximum absolute atomic E-state index is 13.7. The molecule has 0 saturated carbocycles. The summed E-state index contributed by atoms with van der Waals surface area (Å²) < 4.78 is 19.2. The molecule has 36 heavy (non-hydrogen) atoms. The molecule has 2 heterocycles. The molecule has 6 nitrogen and oxygen atoms in total. The van der Waals surface area contributed by atoms with Crippen molar-refractivity contribution in [3.05, 3.63) is 71.4 Å². The first-order valence-electron chi connectivity index (χ1n) is 12.5. The van der Waals surface area contributed by atoms with Crippen LogP contribution >= 0.6 is 11.8 Å². The summed E-state index contributed by atoms with van der Waals surface area (Å²) >= 11 is 1.62. The zero-order valence-electron chi connectivity index (χ0n) is 21.3. The minimum absolute atomic E-state index is 0.0531. The number of thioether (sulfide) groups is 1. The number of benzene rings is 2. The molecule has 2 aromatic carbocycles. The van der Waals surface area contributed by atoms with Crippen molar-refractivity contribution >= 4 is 17.7 Å². The predicted octanol–water partition coefficient (Wildman–Crippen LogP) is 5.43. The van der Waals surface area contributed by atoms with Crippen LogP contribution in [0.4, 0.5) is 4.39 Å². The Balaban J connectivity index is 1.22. The van der Waals surface area contributed by atoms with E-state index in [0.717, 1.165) is 30.7 Å². The lowest BCUT2D eigenvalue weighted by Crippen LogP contribution is -2.43. The molecule has 1 aliphatic heterocycles. The van der Waals surface area contributed by atoms with Crippen LogP contribution < -0.4 is 5.32 Å². The van der Waals surface area contributed by atoms with Crippen molar-refractivity contribution in [3.63, 3.8) is 0 Å². The third-order valence-electron chi connectivity index (χ3n) is 6.47. The molecular formula is C28H35FN4O2S. The molecule has 8 heteroatoms. The number of amides is 1. The Hall–Kier alpha value is -2.71. The highest BCUT2D eigenvalue weighted by atomic mass is 32.2.